The molecule has 1 fully saturated rings. The summed E-state index contributed by atoms with van der Waals surface area (Å²) in [6, 6.07) is 11.0. The highest BCUT2D eigenvalue weighted by atomic mass is 127. The summed E-state index contributed by atoms with van der Waals surface area (Å²) in [5.41, 5.74) is 3.20. The molecule has 2 amide bonds. The second-order valence-electron chi connectivity index (χ2n) is 4.86. The lowest BCUT2D eigenvalue weighted by atomic mass is 10.1. The van der Waals surface area contributed by atoms with Gasteiger partial charge in [0.15, 0.2) is 0 Å². The number of nitrogens with zero attached hydrogens (tertiary/aromatic N) is 1. The van der Waals surface area contributed by atoms with Gasteiger partial charge in [0.25, 0.3) is 11.8 Å². The van der Waals surface area contributed by atoms with Crippen molar-refractivity contribution in [3.8, 4) is 11.5 Å². The van der Waals surface area contributed by atoms with E-state index < -0.39 is 11.8 Å². The van der Waals surface area contributed by atoms with Crippen molar-refractivity contribution in [3.05, 3.63) is 57.2 Å². The van der Waals surface area contributed by atoms with Crippen LogP contribution in [0, 0.1) is 3.57 Å². The number of anilines is 1. The quantitative estimate of drug-likeness (QED) is 0.393. The fraction of sp³-hybridized carbons (Fsp3) is 0. The number of carbonyl (C=O) groups excluding carboxylic acids is 2. The minimum absolute atomic E-state index is 0.0930. The topological polar surface area (TPSA) is 89.9 Å². The normalized spacial score (nSPS) is 16.0. The molecule has 1 heterocycles. The molecule has 2 aromatic carbocycles. The van der Waals surface area contributed by atoms with Gasteiger partial charge >= 0.3 is 0 Å². The number of phenols is 2. The van der Waals surface area contributed by atoms with E-state index >= 15 is 0 Å². The largest absolute Gasteiger partial charge is 0.508 e. The maximum atomic E-state index is 12.4. The molecule has 3 rings (SSSR count). The van der Waals surface area contributed by atoms with E-state index in [0.29, 0.717) is 5.69 Å². The summed E-state index contributed by atoms with van der Waals surface area (Å²) in [5.74, 6) is -1.39. The smallest absolute Gasteiger partial charge is 0.282 e. The monoisotopic (exact) mass is 422 g/mol. The fourth-order valence-electron chi connectivity index (χ4n) is 2.14. The number of hydrazine groups is 1. The minimum atomic E-state index is -0.555. The summed E-state index contributed by atoms with van der Waals surface area (Å²) in [6.45, 7) is 0. The van der Waals surface area contributed by atoms with E-state index in [1.807, 2.05) is 12.1 Å². The number of benzene rings is 2. The molecule has 0 aromatic heterocycles. The molecule has 3 N–H and O–H groups in total. The molecule has 6 nitrogen and oxygen atoms in total. The third-order valence-electron chi connectivity index (χ3n) is 3.29. The van der Waals surface area contributed by atoms with Crippen LogP contribution in [0.25, 0.3) is 6.08 Å². The van der Waals surface area contributed by atoms with Crippen LogP contribution in [-0.2, 0) is 9.59 Å². The Hall–Kier alpha value is -2.55. The molecule has 116 valence electrons. The number of hydrogen-bond donors (Lipinski definition) is 3. The standard InChI is InChI=1S/C16H11IN2O4/c17-10-2-4-11(5-3-10)19-16(23)13(15(22)18-19)7-9-1-6-12(20)8-14(9)21/h1-8,20-21H,(H,18,22). The van der Waals surface area contributed by atoms with Gasteiger partial charge < -0.3 is 10.2 Å². The highest BCUT2D eigenvalue weighted by Gasteiger charge is 2.34. The van der Waals surface area contributed by atoms with E-state index in [9.17, 15) is 19.8 Å². The fourth-order valence-corrected chi connectivity index (χ4v) is 2.50. The molecule has 23 heavy (non-hydrogen) atoms. The van der Waals surface area contributed by atoms with Crippen LogP contribution < -0.4 is 10.4 Å². The Morgan fingerprint density at radius 3 is 2.39 bits per heavy atom. The molecule has 0 aliphatic carbocycles. The van der Waals surface area contributed by atoms with Gasteiger partial charge in [-0.05, 0) is 65.1 Å². The lowest BCUT2D eigenvalue weighted by Gasteiger charge is -2.14. The van der Waals surface area contributed by atoms with Gasteiger partial charge in [-0.15, -0.1) is 0 Å². The molecule has 7 heteroatoms. The van der Waals surface area contributed by atoms with Crippen molar-refractivity contribution in [1.82, 2.24) is 5.43 Å². The maximum absolute atomic E-state index is 12.4. The van der Waals surface area contributed by atoms with E-state index in [1.54, 1.807) is 12.1 Å². The Kier molecular flexibility index (Phi) is 3.95. The molecular formula is C16H11IN2O4. The van der Waals surface area contributed by atoms with Gasteiger partial charge in [0, 0.05) is 15.2 Å². The number of carbonyl (C=O) groups is 2. The highest BCUT2D eigenvalue weighted by molar-refractivity contribution is 14.1. The zero-order valence-corrected chi connectivity index (χ0v) is 13.8. The van der Waals surface area contributed by atoms with Crippen LogP contribution in [0.3, 0.4) is 0 Å². The summed E-state index contributed by atoms with van der Waals surface area (Å²) < 4.78 is 1.01. The van der Waals surface area contributed by atoms with Crippen molar-refractivity contribution >= 4 is 46.2 Å². The van der Waals surface area contributed by atoms with Crippen molar-refractivity contribution < 1.29 is 19.8 Å². The summed E-state index contributed by atoms with van der Waals surface area (Å²) in [4.78, 5) is 24.5. The van der Waals surface area contributed by atoms with Gasteiger partial charge in [-0.2, -0.15) is 0 Å². The van der Waals surface area contributed by atoms with Gasteiger partial charge in [0.1, 0.15) is 17.1 Å². The third-order valence-corrected chi connectivity index (χ3v) is 4.01. The molecular weight excluding hydrogens is 411 g/mol. The van der Waals surface area contributed by atoms with Gasteiger partial charge in [-0.3, -0.25) is 15.0 Å². The van der Waals surface area contributed by atoms with E-state index in [0.717, 1.165) is 14.6 Å². The number of halogens is 1. The summed E-state index contributed by atoms with van der Waals surface area (Å²) in [7, 11) is 0. The predicted octanol–water partition coefficient (Wildman–Crippen LogP) is 2.16. The second kappa shape index (κ2) is 5.92. The zero-order valence-electron chi connectivity index (χ0n) is 11.7. The Labute approximate surface area is 145 Å². The Balaban J connectivity index is 1.95. The summed E-state index contributed by atoms with van der Waals surface area (Å²) in [5, 5.41) is 20.2. The van der Waals surface area contributed by atoms with Crippen LogP contribution in [0.2, 0.25) is 0 Å². The number of hydrogen-bond acceptors (Lipinski definition) is 4. The average molecular weight is 422 g/mol. The van der Waals surface area contributed by atoms with Crippen molar-refractivity contribution in [2.24, 2.45) is 0 Å². The number of nitrogens with one attached hydrogen (secondary N) is 1. The van der Waals surface area contributed by atoms with E-state index in [1.165, 1.54) is 18.2 Å². The molecule has 0 bridgehead atoms. The molecule has 0 atom stereocenters. The Morgan fingerprint density at radius 1 is 1.04 bits per heavy atom. The first-order valence-electron chi connectivity index (χ1n) is 6.60. The van der Waals surface area contributed by atoms with E-state index in [2.05, 4.69) is 28.0 Å². The molecule has 2 aromatic rings. The number of phenolic OH excluding ortho intramolecular Hbond substituents is 2. The van der Waals surface area contributed by atoms with Crippen LogP contribution in [0.1, 0.15) is 5.56 Å². The molecule has 1 saturated heterocycles. The molecule has 0 spiro atoms. The van der Waals surface area contributed by atoms with Crippen molar-refractivity contribution in [2.45, 2.75) is 0 Å². The lowest BCUT2D eigenvalue weighted by Crippen LogP contribution is -2.35. The number of rotatable bonds is 2. The first-order valence-corrected chi connectivity index (χ1v) is 7.68. The van der Waals surface area contributed by atoms with Crippen LogP contribution >= 0.6 is 22.6 Å². The SMILES string of the molecule is O=C1NN(c2ccc(I)cc2)C(=O)C1=Cc1ccc(O)cc1O. The van der Waals surface area contributed by atoms with Gasteiger partial charge in [-0.1, -0.05) is 0 Å². The maximum Gasteiger partial charge on any atom is 0.282 e. The number of amides is 2. The van der Waals surface area contributed by atoms with Gasteiger partial charge in [0.05, 0.1) is 5.69 Å². The minimum Gasteiger partial charge on any atom is -0.508 e. The number of aromatic hydroxyl groups is 2. The zero-order chi connectivity index (χ0) is 16.6. The van der Waals surface area contributed by atoms with E-state index in [-0.39, 0.29) is 22.6 Å². The van der Waals surface area contributed by atoms with Gasteiger partial charge in [-0.25, -0.2) is 5.01 Å². The average Bonchev–Trinajstić information content (AvgIpc) is 2.78. The van der Waals surface area contributed by atoms with Crippen LogP contribution in [0.15, 0.2) is 48.0 Å². The van der Waals surface area contributed by atoms with Crippen LogP contribution in [0.5, 0.6) is 11.5 Å². The first-order chi connectivity index (χ1) is 11.0. The second-order valence-corrected chi connectivity index (χ2v) is 6.10. The molecule has 0 unspecified atom stereocenters. The Bertz CT molecular complexity index is 830. The van der Waals surface area contributed by atoms with Crippen molar-refractivity contribution in [2.75, 3.05) is 5.01 Å². The van der Waals surface area contributed by atoms with Gasteiger partial charge in [0.2, 0.25) is 0 Å². The summed E-state index contributed by atoms with van der Waals surface area (Å²) >= 11 is 2.14. The molecule has 1 aliphatic heterocycles. The third kappa shape index (κ3) is 3.00. The highest BCUT2D eigenvalue weighted by Crippen LogP contribution is 2.27. The first kappa shape index (κ1) is 15.3. The predicted molar refractivity (Wildman–Crippen MR) is 92.5 cm³/mol. The Morgan fingerprint density at radius 2 is 1.74 bits per heavy atom. The molecule has 1 aliphatic rings. The lowest BCUT2D eigenvalue weighted by molar-refractivity contribution is -0.117. The summed E-state index contributed by atoms with van der Waals surface area (Å²) in [6.07, 6.45) is 1.29. The van der Waals surface area contributed by atoms with E-state index in [4.69, 9.17) is 0 Å². The molecule has 0 radical (unpaired) electrons. The van der Waals surface area contributed by atoms with Crippen LogP contribution in [-0.4, -0.2) is 22.0 Å². The van der Waals surface area contributed by atoms with Crippen molar-refractivity contribution in [1.29, 1.82) is 0 Å². The van der Waals surface area contributed by atoms with Crippen LogP contribution in [0.4, 0.5) is 5.69 Å². The molecule has 0 saturated carbocycles. The van der Waals surface area contributed by atoms with Crippen molar-refractivity contribution in [3.63, 3.8) is 0 Å².